The second-order valence-corrected chi connectivity index (χ2v) is 3.87. The quantitative estimate of drug-likeness (QED) is 0.701. The van der Waals surface area contributed by atoms with Gasteiger partial charge in [-0.15, -0.1) is 11.8 Å². The Labute approximate surface area is 87.1 Å². The number of ether oxygens (including phenoxy) is 1. The topological polar surface area (TPSA) is 55.4 Å². The van der Waals surface area contributed by atoms with Gasteiger partial charge in [0.15, 0.2) is 0 Å². The van der Waals surface area contributed by atoms with E-state index in [1.807, 2.05) is 11.5 Å². The molecule has 1 aliphatic heterocycles. The molecule has 1 heterocycles. The van der Waals surface area contributed by atoms with Crippen LogP contribution < -0.4 is 5.32 Å². The molecule has 0 aromatic rings. The third-order valence-corrected chi connectivity index (χ3v) is 2.78. The molecule has 0 bridgehead atoms. The zero-order valence-electron chi connectivity index (χ0n) is 7.99. The Kier molecular flexibility index (Phi) is 4.52. The molecule has 0 radical (unpaired) electrons. The standard InChI is InChI=1S/C9H13NO3S/c1-2-13-8(11)6-10-9(12)7-4-3-5-14-7/h3,5,7H,2,4,6H2,1H3,(H,10,12). The number of hydrogen-bond donors (Lipinski definition) is 1. The van der Waals surface area contributed by atoms with Gasteiger partial charge in [-0.3, -0.25) is 9.59 Å². The van der Waals surface area contributed by atoms with Crippen LogP contribution in [0.4, 0.5) is 0 Å². The first kappa shape index (κ1) is 11.1. The van der Waals surface area contributed by atoms with Crippen molar-refractivity contribution in [3.63, 3.8) is 0 Å². The molecule has 1 aliphatic rings. The first-order valence-electron chi connectivity index (χ1n) is 4.48. The van der Waals surface area contributed by atoms with Crippen LogP contribution in [-0.2, 0) is 14.3 Å². The summed E-state index contributed by atoms with van der Waals surface area (Å²) >= 11 is 1.47. The monoisotopic (exact) mass is 215 g/mol. The molecule has 0 spiro atoms. The average Bonchev–Trinajstić information content (AvgIpc) is 2.67. The highest BCUT2D eigenvalue weighted by atomic mass is 32.2. The van der Waals surface area contributed by atoms with Gasteiger partial charge in [-0.1, -0.05) is 6.08 Å². The number of rotatable bonds is 4. The van der Waals surface area contributed by atoms with Crippen molar-refractivity contribution < 1.29 is 14.3 Å². The molecular formula is C9H13NO3S. The predicted octanol–water partition coefficient (Wildman–Crippen LogP) is 0.685. The highest BCUT2D eigenvalue weighted by molar-refractivity contribution is 8.03. The number of hydrogen-bond acceptors (Lipinski definition) is 4. The maximum atomic E-state index is 11.4. The minimum atomic E-state index is -0.392. The van der Waals surface area contributed by atoms with Gasteiger partial charge in [0.2, 0.25) is 5.91 Å². The van der Waals surface area contributed by atoms with Crippen molar-refractivity contribution in [1.82, 2.24) is 5.32 Å². The van der Waals surface area contributed by atoms with Crippen molar-refractivity contribution in [3.05, 3.63) is 11.5 Å². The molecule has 5 heteroatoms. The van der Waals surface area contributed by atoms with Gasteiger partial charge in [-0.25, -0.2) is 0 Å². The number of nitrogens with one attached hydrogen (secondary N) is 1. The first-order chi connectivity index (χ1) is 6.74. The van der Waals surface area contributed by atoms with Crippen LogP contribution in [0.25, 0.3) is 0 Å². The van der Waals surface area contributed by atoms with Crippen LogP contribution in [-0.4, -0.2) is 30.3 Å². The van der Waals surface area contributed by atoms with E-state index in [9.17, 15) is 9.59 Å². The molecule has 1 atom stereocenters. The number of allylic oxidation sites excluding steroid dienone is 1. The molecule has 1 amide bonds. The minimum absolute atomic E-state index is 0.0380. The van der Waals surface area contributed by atoms with Crippen molar-refractivity contribution in [3.8, 4) is 0 Å². The summed E-state index contributed by atoms with van der Waals surface area (Å²) in [5.41, 5.74) is 0. The molecule has 1 rings (SSSR count). The van der Waals surface area contributed by atoms with Gasteiger partial charge >= 0.3 is 5.97 Å². The molecule has 78 valence electrons. The van der Waals surface area contributed by atoms with Gasteiger partial charge < -0.3 is 10.1 Å². The Balaban J connectivity index is 2.17. The summed E-state index contributed by atoms with van der Waals surface area (Å²) in [6.45, 7) is 2.04. The summed E-state index contributed by atoms with van der Waals surface area (Å²) in [6, 6.07) is 0. The Hall–Kier alpha value is -0.970. The Morgan fingerprint density at radius 1 is 1.64 bits per heavy atom. The van der Waals surface area contributed by atoms with E-state index in [1.54, 1.807) is 6.92 Å². The van der Waals surface area contributed by atoms with Crippen LogP contribution in [0, 0.1) is 0 Å². The zero-order valence-corrected chi connectivity index (χ0v) is 8.80. The van der Waals surface area contributed by atoms with Gasteiger partial charge in [0.1, 0.15) is 6.54 Å². The number of carbonyl (C=O) groups is 2. The van der Waals surface area contributed by atoms with Gasteiger partial charge in [0, 0.05) is 0 Å². The maximum Gasteiger partial charge on any atom is 0.325 e. The van der Waals surface area contributed by atoms with E-state index in [-0.39, 0.29) is 17.7 Å². The fourth-order valence-electron chi connectivity index (χ4n) is 1.04. The lowest BCUT2D eigenvalue weighted by molar-refractivity contribution is -0.143. The minimum Gasteiger partial charge on any atom is -0.465 e. The Morgan fingerprint density at radius 2 is 2.43 bits per heavy atom. The zero-order chi connectivity index (χ0) is 10.4. The van der Waals surface area contributed by atoms with E-state index in [0.29, 0.717) is 6.61 Å². The molecule has 0 aliphatic carbocycles. The van der Waals surface area contributed by atoms with E-state index < -0.39 is 5.97 Å². The number of esters is 1. The van der Waals surface area contributed by atoms with Gasteiger partial charge in [-0.05, 0) is 18.8 Å². The van der Waals surface area contributed by atoms with Crippen LogP contribution in [0.5, 0.6) is 0 Å². The summed E-state index contributed by atoms with van der Waals surface area (Å²) < 4.78 is 4.68. The molecule has 0 saturated heterocycles. The number of thioether (sulfide) groups is 1. The van der Waals surface area contributed by atoms with Crippen LogP contribution in [0.15, 0.2) is 11.5 Å². The molecular weight excluding hydrogens is 202 g/mol. The summed E-state index contributed by atoms with van der Waals surface area (Å²) in [5, 5.41) is 4.35. The van der Waals surface area contributed by atoms with E-state index in [4.69, 9.17) is 0 Å². The van der Waals surface area contributed by atoms with E-state index in [2.05, 4.69) is 10.1 Å². The third kappa shape index (κ3) is 3.41. The summed E-state index contributed by atoms with van der Waals surface area (Å²) in [5.74, 6) is -0.496. The molecule has 0 aromatic carbocycles. The van der Waals surface area contributed by atoms with Crippen LogP contribution in [0.2, 0.25) is 0 Å². The van der Waals surface area contributed by atoms with Crippen LogP contribution in [0.1, 0.15) is 13.3 Å². The summed E-state index contributed by atoms with van der Waals surface area (Å²) in [4.78, 5) is 22.3. The van der Waals surface area contributed by atoms with Crippen molar-refractivity contribution in [1.29, 1.82) is 0 Å². The van der Waals surface area contributed by atoms with Crippen LogP contribution in [0.3, 0.4) is 0 Å². The Bertz CT molecular complexity index is 244. The van der Waals surface area contributed by atoms with Crippen molar-refractivity contribution in [2.24, 2.45) is 0 Å². The van der Waals surface area contributed by atoms with Gasteiger partial charge in [-0.2, -0.15) is 0 Å². The largest absolute Gasteiger partial charge is 0.465 e. The Morgan fingerprint density at radius 3 is 3.00 bits per heavy atom. The van der Waals surface area contributed by atoms with Gasteiger partial charge in [0.05, 0.1) is 11.9 Å². The van der Waals surface area contributed by atoms with Crippen LogP contribution >= 0.6 is 11.8 Å². The lowest BCUT2D eigenvalue weighted by atomic mass is 10.3. The molecule has 0 saturated carbocycles. The highest BCUT2D eigenvalue weighted by Gasteiger charge is 2.20. The molecule has 1 N–H and O–H groups in total. The molecule has 4 nitrogen and oxygen atoms in total. The smallest absolute Gasteiger partial charge is 0.325 e. The average molecular weight is 215 g/mol. The van der Waals surface area contributed by atoms with E-state index in [1.165, 1.54) is 11.8 Å². The SMILES string of the molecule is CCOC(=O)CNC(=O)C1CC=CS1. The maximum absolute atomic E-state index is 11.4. The summed E-state index contributed by atoms with van der Waals surface area (Å²) in [6.07, 6.45) is 2.68. The summed E-state index contributed by atoms with van der Waals surface area (Å²) in [7, 11) is 0. The van der Waals surface area contributed by atoms with Crippen molar-refractivity contribution in [2.75, 3.05) is 13.2 Å². The fraction of sp³-hybridized carbons (Fsp3) is 0.556. The molecule has 14 heavy (non-hydrogen) atoms. The molecule has 0 fully saturated rings. The predicted molar refractivity (Wildman–Crippen MR) is 54.8 cm³/mol. The second-order valence-electron chi connectivity index (χ2n) is 2.76. The van der Waals surface area contributed by atoms with Crippen molar-refractivity contribution in [2.45, 2.75) is 18.6 Å². The molecule has 1 unspecified atom stereocenters. The third-order valence-electron chi connectivity index (χ3n) is 1.69. The second kappa shape index (κ2) is 5.70. The normalized spacial score (nSPS) is 19.4. The highest BCUT2D eigenvalue weighted by Crippen LogP contribution is 2.23. The number of amides is 1. The van der Waals surface area contributed by atoms with E-state index >= 15 is 0 Å². The lowest BCUT2D eigenvalue weighted by Gasteiger charge is -2.08. The fourth-order valence-corrected chi connectivity index (χ4v) is 1.88. The number of carbonyl (C=O) groups excluding carboxylic acids is 2. The molecule has 0 aromatic heterocycles. The lowest BCUT2D eigenvalue weighted by Crippen LogP contribution is -2.36. The first-order valence-corrected chi connectivity index (χ1v) is 5.42. The van der Waals surface area contributed by atoms with Crippen molar-refractivity contribution >= 4 is 23.6 Å². The van der Waals surface area contributed by atoms with E-state index in [0.717, 1.165) is 6.42 Å². The van der Waals surface area contributed by atoms with Gasteiger partial charge in [0.25, 0.3) is 0 Å².